The number of methoxy groups -OCH3 is 1. The van der Waals surface area contributed by atoms with Crippen molar-refractivity contribution in [2.45, 2.75) is 27.3 Å². The molecule has 0 saturated carbocycles. The molecule has 0 bridgehead atoms. The molecule has 146 valence electrons. The molecule has 0 radical (unpaired) electrons. The van der Waals surface area contributed by atoms with E-state index in [0.717, 1.165) is 15.2 Å². The molecule has 2 heterocycles. The summed E-state index contributed by atoms with van der Waals surface area (Å²) in [5.41, 5.74) is 1.66. The molecule has 0 spiro atoms. The first-order valence-electron chi connectivity index (χ1n) is 8.90. The fourth-order valence-electron chi connectivity index (χ4n) is 3.29. The molecular weight excluding hydrogens is 362 g/mol. The number of amides is 4. The lowest BCUT2D eigenvalue weighted by Crippen LogP contribution is -2.35. The maximum Gasteiger partial charge on any atom is 0.340 e. The molecule has 3 rings (SSSR count). The Labute approximate surface area is 162 Å². The number of carbonyl (C=O) groups is 4. The highest BCUT2D eigenvalue weighted by atomic mass is 16.5. The molecule has 28 heavy (non-hydrogen) atoms. The van der Waals surface area contributed by atoms with Crippen molar-refractivity contribution in [2.75, 3.05) is 13.7 Å². The Hall–Kier alpha value is -3.29. The van der Waals surface area contributed by atoms with Crippen LogP contribution < -0.4 is 0 Å². The zero-order valence-corrected chi connectivity index (χ0v) is 16.2. The summed E-state index contributed by atoms with van der Waals surface area (Å²) in [5.74, 6) is -2.38. The van der Waals surface area contributed by atoms with Crippen molar-refractivity contribution >= 4 is 34.7 Å². The first kappa shape index (κ1) is 19.5. The van der Waals surface area contributed by atoms with E-state index in [9.17, 15) is 19.2 Å². The van der Waals surface area contributed by atoms with Crippen LogP contribution in [0.1, 0.15) is 35.5 Å². The third-order valence-corrected chi connectivity index (χ3v) is 4.61. The lowest BCUT2D eigenvalue weighted by atomic mass is 10.0. The van der Waals surface area contributed by atoms with Crippen molar-refractivity contribution in [3.8, 4) is 0 Å². The normalized spacial score (nSPS) is 14.5. The van der Waals surface area contributed by atoms with Crippen molar-refractivity contribution in [3.05, 3.63) is 41.1 Å². The zero-order chi connectivity index (χ0) is 20.6. The van der Waals surface area contributed by atoms with E-state index in [1.54, 1.807) is 19.1 Å². The molecule has 8 heteroatoms. The molecular formula is C20H21N3O5. The number of hydrogen-bond acceptors (Lipinski definition) is 6. The second kappa shape index (κ2) is 7.38. The van der Waals surface area contributed by atoms with E-state index >= 15 is 0 Å². The standard InChI is InChI=1S/C20H21N3O5/c1-11(2)9-22-17(24)18(25)23(20(22)27)10-15-16(19(26)28-4)12(3)13-7-5-6-8-14(13)21-15/h5-8,11H,9-10H2,1-4H3. The van der Waals surface area contributed by atoms with Gasteiger partial charge in [0.05, 0.1) is 30.4 Å². The smallest absolute Gasteiger partial charge is 0.340 e. The topological polar surface area (TPSA) is 96.9 Å². The van der Waals surface area contributed by atoms with Gasteiger partial charge in [0.2, 0.25) is 0 Å². The Morgan fingerprint density at radius 1 is 1.11 bits per heavy atom. The minimum absolute atomic E-state index is 0.0207. The summed E-state index contributed by atoms with van der Waals surface area (Å²) in [6.07, 6.45) is 0. The zero-order valence-electron chi connectivity index (χ0n) is 16.2. The van der Waals surface area contributed by atoms with Crippen molar-refractivity contribution in [1.82, 2.24) is 14.8 Å². The van der Waals surface area contributed by atoms with E-state index in [1.165, 1.54) is 7.11 Å². The van der Waals surface area contributed by atoms with Crippen LogP contribution in [0.25, 0.3) is 10.9 Å². The maximum atomic E-state index is 12.6. The third kappa shape index (κ3) is 3.21. The van der Waals surface area contributed by atoms with E-state index in [4.69, 9.17) is 4.74 Å². The number of ether oxygens (including phenoxy) is 1. The van der Waals surface area contributed by atoms with Crippen LogP contribution in [-0.4, -0.2) is 52.3 Å². The van der Waals surface area contributed by atoms with Crippen LogP contribution >= 0.6 is 0 Å². The maximum absolute atomic E-state index is 12.6. The molecule has 1 saturated heterocycles. The van der Waals surface area contributed by atoms with E-state index in [2.05, 4.69) is 4.98 Å². The van der Waals surface area contributed by atoms with Gasteiger partial charge in [-0.15, -0.1) is 0 Å². The van der Waals surface area contributed by atoms with Gasteiger partial charge in [0.1, 0.15) is 0 Å². The van der Waals surface area contributed by atoms with E-state index in [-0.39, 0.29) is 30.3 Å². The lowest BCUT2D eigenvalue weighted by molar-refractivity contribution is -0.143. The van der Waals surface area contributed by atoms with Gasteiger partial charge < -0.3 is 4.74 Å². The number of hydrogen-bond donors (Lipinski definition) is 0. The minimum atomic E-state index is -0.922. The highest BCUT2D eigenvalue weighted by Gasteiger charge is 2.45. The summed E-state index contributed by atoms with van der Waals surface area (Å²) in [6.45, 7) is 5.31. The Morgan fingerprint density at radius 2 is 1.75 bits per heavy atom. The van der Waals surface area contributed by atoms with Crippen molar-refractivity contribution in [3.63, 3.8) is 0 Å². The monoisotopic (exact) mass is 383 g/mol. The largest absolute Gasteiger partial charge is 0.465 e. The average Bonchev–Trinajstić information content (AvgIpc) is 2.85. The number of pyridine rings is 1. The highest BCUT2D eigenvalue weighted by molar-refractivity contribution is 6.44. The molecule has 1 aliphatic heterocycles. The molecule has 1 fully saturated rings. The molecule has 1 aromatic carbocycles. The predicted molar refractivity (Wildman–Crippen MR) is 100 cm³/mol. The van der Waals surface area contributed by atoms with Gasteiger partial charge in [-0.05, 0) is 24.5 Å². The quantitative estimate of drug-likeness (QED) is 0.446. The molecule has 0 aliphatic carbocycles. The van der Waals surface area contributed by atoms with Crippen LogP contribution in [0.5, 0.6) is 0 Å². The predicted octanol–water partition coefficient (Wildman–Crippen LogP) is 2.28. The Morgan fingerprint density at radius 3 is 2.39 bits per heavy atom. The van der Waals surface area contributed by atoms with Gasteiger partial charge in [0.15, 0.2) is 0 Å². The second-order valence-corrected chi connectivity index (χ2v) is 7.05. The summed E-state index contributed by atoms with van der Waals surface area (Å²) in [7, 11) is 1.25. The Balaban J connectivity index is 2.06. The van der Waals surface area contributed by atoms with Gasteiger partial charge in [-0.3, -0.25) is 14.5 Å². The molecule has 4 amide bonds. The summed E-state index contributed by atoms with van der Waals surface area (Å²) in [6, 6.07) is 6.53. The van der Waals surface area contributed by atoms with Gasteiger partial charge in [-0.2, -0.15) is 0 Å². The van der Waals surface area contributed by atoms with E-state index < -0.39 is 23.8 Å². The van der Waals surface area contributed by atoms with Gasteiger partial charge >= 0.3 is 23.8 Å². The number of esters is 1. The number of urea groups is 1. The van der Waals surface area contributed by atoms with Crippen LogP contribution in [0.4, 0.5) is 4.79 Å². The molecule has 8 nitrogen and oxygen atoms in total. The molecule has 0 N–H and O–H groups in total. The summed E-state index contributed by atoms with van der Waals surface area (Å²) in [5, 5.41) is 0.767. The number of benzene rings is 1. The van der Waals surface area contributed by atoms with Crippen molar-refractivity contribution < 1.29 is 23.9 Å². The third-order valence-electron chi connectivity index (χ3n) is 4.61. The number of rotatable bonds is 5. The van der Waals surface area contributed by atoms with Crippen LogP contribution in [0.3, 0.4) is 0 Å². The number of imide groups is 2. The van der Waals surface area contributed by atoms with Crippen molar-refractivity contribution in [2.24, 2.45) is 5.92 Å². The number of aryl methyl sites for hydroxylation is 1. The molecule has 1 aromatic heterocycles. The van der Waals surface area contributed by atoms with Gasteiger partial charge in [0.25, 0.3) is 0 Å². The fourth-order valence-corrected chi connectivity index (χ4v) is 3.29. The number of fused-ring (bicyclic) bond motifs is 1. The van der Waals surface area contributed by atoms with E-state index in [1.807, 2.05) is 26.0 Å². The number of aromatic nitrogens is 1. The van der Waals surface area contributed by atoms with Crippen LogP contribution in [0, 0.1) is 12.8 Å². The minimum Gasteiger partial charge on any atom is -0.465 e. The Kier molecular flexibility index (Phi) is 5.13. The molecule has 1 aliphatic rings. The fraction of sp³-hybridized carbons (Fsp3) is 0.350. The first-order valence-corrected chi connectivity index (χ1v) is 8.90. The Bertz CT molecular complexity index is 999. The molecule has 0 atom stereocenters. The summed E-state index contributed by atoms with van der Waals surface area (Å²) >= 11 is 0. The van der Waals surface area contributed by atoms with Gasteiger partial charge in [-0.25, -0.2) is 19.5 Å². The summed E-state index contributed by atoms with van der Waals surface area (Å²) in [4.78, 5) is 55.8. The number of para-hydroxylation sites is 1. The van der Waals surface area contributed by atoms with Gasteiger partial charge in [0, 0.05) is 11.9 Å². The molecule has 0 unspecified atom stereocenters. The molecule has 2 aromatic rings. The number of carbonyl (C=O) groups excluding carboxylic acids is 4. The van der Waals surface area contributed by atoms with Crippen molar-refractivity contribution in [1.29, 1.82) is 0 Å². The summed E-state index contributed by atoms with van der Waals surface area (Å²) < 4.78 is 4.88. The van der Waals surface area contributed by atoms with Crippen LogP contribution in [-0.2, 0) is 20.9 Å². The average molecular weight is 383 g/mol. The second-order valence-electron chi connectivity index (χ2n) is 7.05. The highest BCUT2D eigenvalue weighted by Crippen LogP contribution is 2.26. The van der Waals surface area contributed by atoms with Gasteiger partial charge in [-0.1, -0.05) is 32.0 Å². The lowest BCUT2D eigenvalue weighted by Gasteiger charge is -2.19. The number of nitrogens with zero attached hydrogens (tertiary/aromatic N) is 3. The van der Waals surface area contributed by atoms with Crippen LogP contribution in [0.15, 0.2) is 24.3 Å². The first-order chi connectivity index (χ1) is 13.3. The van der Waals surface area contributed by atoms with E-state index in [0.29, 0.717) is 11.1 Å². The SMILES string of the molecule is COC(=O)c1c(CN2C(=O)C(=O)N(CC(C)C)C2=O)nc2ccccc2c1C. The van der Waals surface area contributed by atoms with Crippen LogP contribution in [0.2, 0.25) is 0 Å².